The molecule has 1 N–H and O–H groups in total. The van der Waals surface area contributed by atoms with Crippen molar-refractivity contribution in [2.45, 2.75) is 13.3 Å². The van der Waals surface area contributed by atoms with Crippen LogP contribution in [0.1, 0.15) is 18.1 Å². The van der Waals surface area contributed by atoms with E-state index in [1.54, 1.807) is 12.1 Å². The van der Waals surface area contributed by atoms with Gasteiger partial charge in [-0.2, -0.15) is 0 Å². The highest BCUT2D eigenvalue weighted by molar-refractivity contribution is 5.95. The molecule has 1 amide bonds. The van der Waals surface area contributed by atoms with Crippen LogP contribution in [-0.2, 0) is 20.7 Å². The Morgan fingerprint density at radius 1 is 1.19 bits per heavy atom. The lowest BCUT2D eigenvalue weighted by Gasteiger charge is -2.09. The molecule has 5 nitrogen and oxygen atoms in total. The Bertz CT molecular complexity index is 817. The highest BCUT2D eigenvalue weighted by Gasteiger charge is 2.08. The first-order valence-electron chi connectivity index (χ1n) is 8.09. The molecule has 0 heterocycles. The van der Waals surface area contributed by atoms with Gasteiger partial charge >= 0.3 is 5.97 Å². The summed E-state index contributed by atoms with van der Waals surface area (Å²) in [4.78, 5) is 23.6. The Kier molecular flexibility index (Phi) is 6.91. The third-order valence-electron chi connectivity index (χ3n) is 3.61. The Morgan fingerprint density at radius 2 is 1.96 bits per heavy atom. The van der Waals surface area contributed by atoms with Crippen LogP contribution in [0.15, 0.2) is 48.5 Å². The Morgan fingerprint density at radius 3 is 2.65 bits per heavy atom. The number of esters is 1. The lowest BCUT2D eigenvalue weighted by molar-refractivity contribution is -0.142. The van der Waals surface area contributed by atoms with Crippen LogP contribution in [0.4, 0.5) is 10.1 Å². The molecule has 2 aromatic rings. The Balaban J connectivity index is 1.86. The molecule has 0 aliphatic rings. The van der Waals surface area contributed by atoms with E-state index in [0.717, 1.165) is 18.1 Å². The van der Waals surface area contributed by atoms with Crippen LogP contribution in [0.2, 0.25) is 0 Å². The van der Waals surface area contributed by atoms with Gasteiger partial charge in [0.25, 0.3) is 5.91 Å². The Hall–Kier alpha value is -3.15. The van der Waals surface area contributed by atoms with Crippen molar-refractivity contribution in [2.24, 2.45) is 0 Å². The van der Waals surface area contributed by atoms with E-state index < -0.39 is 24.3 Å². The predicted molar refractivity (Wildman–Crippen MR) is 97.4 cm³/mol. The molecule has 0 aromatic heterocycles. The SMILES string of the molecule is CCc1ccccc1NC(=O)COC(=O)/C=C/c1ccc(OC)c(F)c1. The molecule has 2 aromatic carbocycles. The lowest BCUT2D eigenvalue weighted by atomic mass is 10.1. The van der Waals surface area contributed by atoms with Gasteiger partial charge in [0, 0.05) is 11.8 Å². The van der Waals surface area contributed by atoms with Gasteiger partial charge in [-0.05, 0) is 41.8 Å². The van der Waals surface area contributed by atoms with Gasteiger partial charge in [0.05, 0.1) is 7.11 Å². The van der Waals surface area contributed by atoms with E-state index in [2.05, 4.69) is 5.32 Å². The van der Waals surface area contributed by atoms with E-state index in [1.807, 2.05) is 25.1 Å². The Labute approximate surface area is 151 Å². The second-order valence-electron chi connectivity index (χ2n) is 5.39. The highest BCUT2D eigenvalue weighted by atomic mass is 19.1. The predicted octanol–water partition coefficient (Wildman–Crippen LogP) is 3.59. The summed E-state index contributed by atoms with van der Waals surface area (Å²) in [7, 11) is 1.37. The van der Waals surface area contributed by atoms with E-state index in [1.165, 1.54) is 25.3 Å². The number of carbonyl (C=O) groups is 2. The van der Waals surface area contributed by atoms with Gasteiger partial charge in [-0.15, -0.1) is 0 Å². The summed E-state index contributed by atoms with van der Waals surface area (Å²) < 4.78 is 23.3. The van der Waals surface area contributed by atoms with E-state index in [-0.39, 0.29) is 5.75 Å². The van der Waals surface area contributed by atoms with Crippen LogP contribution in [0, 0.1) is 5.82 Å². The summed E-state index contributed by atoms with van der Waals surface area (Å²) in [5.41, 5.74) is 2.16. The maximum Gasteiger partial charge on any atom is 0.331 e. The molecule has 0 fully saturated rings. The fourth-order valence-electron chi connectivity index (χ4n) is 2.27. The third kappa shape index (κ3) is 5.44. The molecule has 0 bridgehead atoms. The number of ether oxygens (including phenoxy) is 2. The topological polar surface area (TPSA) is 64.6 Å². The molecule has 0 radical (unpaired) electrons. The summed E-state index contributed by atoms with van der Waals surface area (Å²) in [6.45, 7) is 1.58. The van der Waals surface area contributed by atoms with E-state index >= 15 is 0 Å². The molecule has 2 rings (SSSR count). The van der Waals surface area contributed by atoms with Crippen molar-refractivity contribution in [3.63, 3.8) is 0 Å². The highest BCUT2D eigenvalue weighted by Crippen LogP contribution is 2.18. The molecule has 0 saturated heterocycles. The van der Waals surface area contributed by atoms with Crippen molar-refractivity contribution >= 4 is 23.6 Å². The van der Waals surface area contributed by atoms with Gasteiger partial charge in [0.2, 0.25) is 0 Å². The fraction of sp³-hybridized carbons (Fsp3) is 0.200. The van der Waals surface area contributed by atoms with Gasteiger partial charge in [-0.1, -0.05) is 31.2 Å². The summed E-state index contributed by atoms with van der Waals surface area (Å²) in [5.74, 6) is -1.53. The third-order valence-corrected chi connectivity index (χ3v) is 3.61. The van der Waals surface area contributed by atoms with Crippen molar-refractivity contribution in [1.29, 1.82) is 0 Å². The second-order valence-corrected chi connectivity index (χ2v) is 5.39. The van der Waals surface area contributed by atoms with Gasteiger partial charge < -0.3 is 14.8 Å². The number of carbonyl (C=O) groups excluding carboxylic acids is 2. The van der Waals surface area contributed by atoms with Crippen LogP contribution in [-0.4, -0.2) is 25.6 Å². The maximum atomic E-state index is 13.6. The monoisotopic (exact) mass is 357 g/mol. The number of rotatable bonds is 7. The number of methoxy groups -OCH3 is 1. The fourth-order valence-corrected chi connectivity index (χ4v) is 2.27. The number of benzene rings is 2. The number of hydrogen-bond donors (Lipinski definition) is 1. The quantitative estimate of drug-likeness (QED) is 0.607. The smallest absolute Gasteiger partial charge is 0.331 e. The van der Waals surface area contributed by atoms with Gasteiger partial charge in [0.15, 0.2) is 18.2 Å². The molecular weight excluding hydrogens is 337 g/mol. The van der Waals surface area contributed by atoms with Crippen molar-refractivity contribution in [3.05, 3.63) is 65.5 Å². The number of anilines is 1. The minimum Gasteiger partial charge on any atom is -0.494 e. The molecule has 0 unspecified atom stereocenters. The maximum absolute atomic E-state index is 13.6. The number of aryl methyl sites for hydroxylation is 1. The summed E-state index contributed by atoms with van der Waals surface area (Å²) in [6, 6.07) is 11.7. The van der Waals surface area contributed by atoms with Crippen LogP contribution in [0.5, 0.6) is 5.75 Å². The van der Waals surface area contributed by atoms with Gasteiger partial charge in [0.1, 0.15) is 0 Å². The molecule has 0 atom stereocenters. The average Bonchev–Trinajstić information content (AvgIpc) is 2.65. The van der Waals surface area contributed by atoms with Crippen LogP contribution < -0.4 is 10.1 Å². The van der Waals surface area contributed by atoms with E-state index in [0.29, 0.717) is 11.3 Å². The van der Waals surface area contributed by atoms with E-state index in [4.69, 9.17) is 9.47 Å². The first-order valence-corrected chi connectivity index (χ1v) is 8.09. The molecule has 0 aliphatic carbocycles. The number of hydrogen-bond acceptors (Lipinski definition) is 4. The summed E-state index contributed by atoms with van der Waals surface area (Å²) in [6.07, 6.45) is 3.31. The summed E-state index contributed by atoms with van der Waals surface area (Å²) in [5, 5.41) is 2.71. The number of nitrogens with one attached hydrogen (secondary N) is 1. The largest absolute Gasteiger partial charge is 0.494 e. The molecule has 0 spiro atoms. The van der Waals surface area contributed by atoms with Crippen molar-refractivity contribution in [3.8, 4) is 5.75 Å². The van der Waals surface area contributed by atoms with Crippen molar-refractivity contribution in [2.75, 3.05) is 19.0 Å². The van der Waals surface area contributed by atoms with Crippen LogP contribution in [0.25, 0.3) is 6.08 Å². The van der Waals surface area contributed by atoms with Crippen molar-refractivity contribution in [1.82, 2.24) is 0 Å². The minimum atomic E-state index is -0.694. The lowest BCUT2D eigenvalue weighted by Crippen LogP contribution is -2.20. The van der Waals surface area contributed by atoms with E-state index in [9.17, 15) is 14.0 Å². The number of para-hydroxylation sites is 1. The second kappa shape index (κ2) is 9.36. The molecule has 6 heteroatoms. The average molecular weight is 357 g/mol. The molecule has 0 saturated carbocycles. The molecule has 26 heavy (non-hydrogen) atoms. The summed E-state index contributed by atoms with van der Waals surface area (Å²) >= 11 is 0. The van der Waals surface area contributed by atoms with Crippen LogP contribution >= 0.6 is 0 Å². The zero-order valence-corrected chi connectivity index (χ0v) is 14.6. The van der Waals surface area contributed by atoms with Crippen LogP contribution in [0.3, 0.4) is 0 Å². The number of amides is 1. The first-order chi connectivity index (χ1) is 12.5. The zero-order chi connectivity index (χ0) is 18.9. The van der Waals surface area contributed by atoms with Gasteiger partial charge in [-0.25, -0.2) is 9.18 Å². The minimum absolute atomic E-state index is 0.119. The molecule has 136 valence electrons. The van der Waals surface area contributed by atoms with Gasteiger partial charge in [-0.3, -0.25) is 4.79 Å². The molecular formula is C20H20FNO4. The van der Waals surface area contributed by atoms with Crippen molar-refractivity contribution < 1.29 is 23.5 Å². The normalized spacial score (nSPS) is 10.6. The standard InChI is InChI=1S/C20H20FNO4/c1-3-15-6-4-5-7-17(15)22-19(23)13-26-20(24)11-9-14-8-10-18(25-2)16(21)12-14/h4-12H,3,13H2,1-2H3,(H,22,23)/b11-9+. The first kappa shape index (κ1) is 19.2. The molecule has 0 aliphatic heterocycles. The zero-order valence-electron chi connectivity index (χ0n) is 14.6. The number of halogens is 1.